The first-order valence-corrected chi connectivity index (χ1v) is 7.37. The molecule has 0 radical (unpaired) electrons. The van der Waals surface area contributed by atoms with E-state index in [4.69, 9.17) is 4.74 Å². The molecule has 3 heterocycles. The molecule has 3 fully saturated rings. The van der Waals surface area contributed by atoms with Crippen molar-refractivity contribution in [1.29, 1.82) is 0 Å². The standard InChI is InChI=1S/C13H14N4O7/c18-15(19)9-5-10(16(20)21)13(11(6-9)17(22)23)24-12-7-14-3-1-8(12)2-4-14/h5-6,8,12H,1-4,7H2/t12-/m0/s1. The van der Waals surface area contributed by atoms with Gasteiger partial charge in [-0.2, -0.15) is 0 Å². The summed E-state index contributed by atoms with van der Waals surface area (Å²) in [5.74, 6) is -0.334. The molecule has 128 valence electrons. The minimum absolute atomic E-state index is 0.171. The van der Waals surface area contributed by atoms with Crippen LogP contribution in [0.5, 0.6) is 5.75 Å². The van der Waals surface area contributed by atoms with E-state index >= 15 is 0 Å². The maximum absolute atomic E-state index is 11.2. The van der Waals surface area contributed by atoms with Crippen molar-refractivity contribution < 1.29 is 19.5 Å². The third-order valence-corrected chi connectivity index (χ3v) is 4.50. The number of nitro benzene ring substituents is 3. The van der Waals surface area contributed by atoms with Crippen molar-refractivity contribution >= 4 is 17.1 Å². The smallest absolute Gasteiger partial charge is 0.325 e. The first-order valence-electron chi connectivity index (χ1n) is 7.37. The highest BCUT2D eigenvalue weighted by atomic mass is 16.6. The number of hydrogen-bond donors (Lipinski definition) is 0. The van der Waals surface area contributed by atoms with E-state index in [9.17, 15) is 30.3 Å². The molecule has 0 aromatic heterocycles. The van der Waals surface area contributed by atoms with E-state index in [0.717, 1.165) is 25.9 Å². The number of nitro groups is 3. The Bertz CT molecular complexity index is 679. The van der Waals surface area contributed by atoms with Crippen LogP contribution in [0.15, 0.2) is 12.1 Å². The van der Waals surface area contributed by atoms with Crippen molar-refractivity contribution in [3.05, 3.63) is 42.5 Å². The van der Waals surface area contributed by atoms with Crippen LogP contribution < -0.4 is 4.74 Å². The molecule has 0 N–H and O–H groups in total. The Hall–Kier alpha value is -2.82. The van der Waals surface area contributed by atoms with E-state index < -0.39 is 43.7 Å². The topological polar surface area (TPSA) is 142 Å². The molecule has 2 bridgehead atoms. The van der Waals surface area contributed by atoms with Gasteiger partial charge in [0.15, 0.2) is 0 Å². The van der Waals surface area contributed by atoms with E-state index in [1.165, 1.54) is 0 Å². The molecule has 0 unspecified atom stereocenters. The maximum atomic E-state index is 11.2. The van der Waals surface area contributed by atoms with E-state index in [2.05, 4.69) is 4.90 Å². The average Bonchev–Trinajstić information content (AvgIpc) is 2.55. The predicted molar refractivity (Wildman–Crippen MR) is 80.0 cm³/mol. The molecule has 1 aromatic rings. The lowest BCUT2D eigenvalue weighted by atomic mass is 9.86. The number of ether oxygens (including phenoxy) is 1. The van der Waals surface area contributed by atoms with Crippen LogP contribution in [0, 0.1) is 36.3 Å². The summed E-state index contributed by atoms with van der Waals surface area (Å²) in [6.07, 6.45) is 1.32. The highest BCUT2D eigenvalue weighted by molar-refractivity contribution is 5.65. The molecule has 11 nitrogen and oxygen atoms in total. The Morgan fingerprint density at radius 3 is 1.88 bits per heavy atom. The van der Waals surface area contributed by atoms with Crippen molar-refractivity contribution in [2.45, 2.75) is 18.9 Å². The minimum atomic E-state index is -0.905. The Kier molecular flexibility index (Phi) is 4.01. The normalized spacial score (nSPS) is 25.2. The van der Waals surface area contributed by atoms with Gasteiger partial charge in [0.1, 0.15) is 6.10 Å². The first kappa shape index (κ1) is 16.1. The van der Waals surface area contributed by atoms with Gasteiger partial charge in [0.25, 0.3) is 11.4 Å². The fourth-order valence-corrected chi connectivity index (χ4v) is 3.28. The molecule has 0 aliphatic carbocycles. The van der Waals surface area contributed by atoms with Crippen molar-refractivity contribution in [3.63, 3.8) is 0 Å². The largest absolute Gasteiger partial charge is 0.477 e. The summed E-state index contributed by atoms with van der Waals surface area (Å²) >= 11 is 0. The summed E-state index contributed by atoms with van der Waals surface area (Å²) in [5, 5.41) is 33.4. The first-order chi connectivity index (χ1) is 11.4. The summed E-state index contributed by atoms with van der Waals surface area (Å²) in [4.78, 5) is 32.8. The van der Waals surface area contributed by atoms with Crippen LogP contribution in [-0.2, 0) is 0 Å². The fraction of sp³-hybridized carbons (Fsp3) is 0.538. The average molecular weight is 338 g/mol. The van der Waals surface area contributed by atoms with Crippen LogP contribution in [0.2, 0.25) is 0 Å². The molecular weight excluding hydrogens is 324 g/mol. The van der Waals surface area contributed by atoms with E-state index in [1.807, 2.05) is 0 Å². The number of nitrogens with zero attached hydrogens (tertiary/aromatic N) is 4. The molecule has 0 saturated carbocycles. The number of hydrogen-bond acceptors (Lipinski definition) is 8. The van der Waals surface area contributed by atoms with Crippen molar-refractivity contribution in [1.82, 2.24) is 4.90 Å². The van der Waals surface area contributed by atoms with Crippen molar-refractivity contribution in [3.8, 4) is 5.75 Å². The van der Waals surface area contributed by atoms with Gasteiger partial charge in [-0.1, -0.05) is 0 Å². The second-order valence-corrected chi connectivity index (χ2v) is 5.88. The van der Waals surface area contributed by atoms with Crippen molar-refractivity contribution in [2.75, 3.05) is 19.6 Å². The molecule has 0 amide bonds. The van der Waals surface area contributed by atoms with Gasteiger partial charge in [0, 0.05) is 6.54 Å². The molecular formula is C13H14N4O7. The zero-order chi connectivity index (χ0) is 17.4. The van der Waals surface area contributed by atoms with Crippen LogP contribution in [0.3, 0.4) is 0 Å². The van der Waals surface area contributed by atoms with Gasteiger partial charge in [-0.3, -0.25) is 35.2 Å². The number of non-ortho nitro benzene ring substituents is 1. The van der Waals surface area contributed by atoms with E-state index in [-0.39, 0.29) is 5.92 Å². The monoisotopic (exact) mass is 338 g/mol. The second-order valence-electron chi connectivity index (χ2n) is 5.88. The number of fused-ring (bicyclic) bond motifs is 3. The van der Waals surface area contributed by atoms with Gasteiger partial charge in [0.2, 0.25) is 0 Å². The highest BCUT2D eigenvalue weighted by Crippen LogP contribution is 2.42. The SMILES string of the molecule is O=[N+]([O-])c1cc([N+](=O)[O-])c(O[C@H]2CN3CCC2CC3)c([N+](=O)[O-])c1. The van der Waals surface area contributed by atoms with Gasteiger partial charge in [-0.25, -0.2) is 0 Å². The molecule has 11 heteroatoms. The van der Waals surface area contributed by atoms with Gasteiger partial charge in [-0.05, 0) is 31.8 Å². The van der Waals surface area contributed by atoms with Crippen LogP contribution in [0.4, 0.5) is 17.1 Å². The van der Waals surface area contributed by atoms with Gasteiger partial charge in [0.05, 0.1) is 26.9 Å². The van der Waals surface area contributed by atoms with Crippen LogP contribution in [0.1, 0.15) is 12.8 Å². The predicted octanol–water partition coefficient (Wildman–Crippen LogP) is 1.88. The number of piperidine rings is 3. The molecule has 3 saturated heterocycles. The highest BCUT2D eigenvalue weighted by Gasteiger charge is 2.40. The summed E-state index contributed by atoms with van der Waals surface area (Å²) in [6, 6.07) is 1.40. The Morgan fingerprint density at radius 1 is 0.958 bits per heavy atom. The quantitative estimate of drug-likeness (QED) is 0.585. The molecule has 3 aliphatic heterocycles. The van der Waals surface area contributed by atoms with Gasteiger partial charge >= 0.3 is 11.4 Å². The lowest BCUT2D eigenvalue weighted by Gasteiger charge is -2.44. The summed E-state index contributed by atoms with van der Waals surface area (Å²) in [6.45, 7) is 2.36. The Balaban J connectivity index is 2.03. The Labute approximate surface area is 135 Å². The van der Waals surface area contributed by atoms with Crippen LogP contribution in [-0.4, -0.2) is 45.4 Å². The minimum Gasteiger partial charge on any atom is -0.477 e. The van der Waals surface area contributed by atoms with E-state index in [1.54, 1.807) is 0 Å². The molecule has 0 spiro atoms. The maximum Gasteiger partial charge on any atom is 0.325 e. The molecule has 1 aromatic carbocycles. The third kappa shape index (κ3) is 2.85. The Morgan fingerprint density at radius 2 is 1.50 bits per heavy atom. The van der Waals surface area contributed by atoms with Gasteiger partial charge in [-0.15, -0.1) is 0 Å². The summed E-state index contributed by atoms with van der Waals surface area (Å²) < 4.78 is 5.66. The lowest BCUT2D eigenvalue weighted by molar-refractivity contribution is -0.404. The molecule has 4 rings (SSSR count). The van der Waals surface area contributed by atoms with Crippen LogP contribution >= 0.6 is 0 Å². The summed E-state index contributed by atoms with van der Waals surface area (Å²) in [5.41, 5.74) is -2.23. The molecule has 3 aliphatic rings. The fourth-order valence-electron chi connectivity index (χ4n) is 3.28. The van der Waals surface area contributed by atoms with E-state index in [0.29, 0.717) is 18.7 Å². The lowest BCUT2D eigenvalue weighted by Crippen LogP contribution is -2.52. The number of rotatable bonds is 5. The second kappa shape index (κ2) is 6.00. The van der Waals surface area contributed by atoms with Gasteiger partial charge < -0.3 is 4.74 Å². The van der Waals surface area contributed by atoms with Crippen LogP contribution in [0.25, 0.3) is 0 Å². The molecule has 1 atom stereocenters. The van der Waals surface area contributed by atoms with Crippen molar-refractivity contribution in [2.24, 2.45) is 5.92 Å². The third-order valence-electron chi connectivity index (χ3n) is 4.50. The number of benzene rings is 1. The summed E-state index contributed by atoms with van der Waals surface area (Å²) in [7, 11) is 0. The molecule has 24 heavy (non-hydrogen) atoms. The zero-order valence-corrected chi connectivity index (χ0v) is 12.5. The zero-order valence-electron chi connectivity index (χ0n) is 12.5.